The number of rotatable bonds is 17. The molecule has 1 aliphatic heterocycles. The van der Waals surface area contributed by atoms with E-state index in [1.807, 2.05) is 32.0 Å². The second-order valence-electron chi connectivity index (χ2n) is 14.3. The first-order chi connectivity index (χ1) is 25.0. The molecule has 1 aromatic heterocycles. The van der Waals surface area contributed by atoms with Crippen molar-refractivity contribution in [2.45, 2.75) is 85.1 Å². The van der Waals surface area contributed by atoms with Gasteiger partial charge in [0.1, 0.15) is 34.4 Å². The molecule has 0 atom stereocenters. The van der Waals surface area contributed by atoms with Gasteiger partial charge in [-0.05, 0) is 90.5 Å². The lowest BCUT2D eigenvalue weighted by atomic mass is 10.1. The topological polar surface area (TPSA) is 70.0 Å². The van der Waals surface area contributed by atoms with E-state index in [0.717, 1.165) is 31.0 Å². The number of hydrogen-bond acceptors (Lipinski definition) is 5. The Morgan fingerprint density at radius 1 is 0.811 bits per heavy atom. The molecule has 1 saturated heterocycles. The van der Waals surface area contributed by atoms with Crippen molar-refractivity contribution in [3.63, 3.8) is 0 Å². The van der Waals surface area contributed by atoms with Gasteiger partial charge in [-0.2, -0.15) is 0 Å². The summed E-state index contributed by atoms with van der Waals surface area (Å²) in [6, 6.07) is 13.0. The van der Waals surface area contributed by atoms with E-state index in [2.05, 4.69) is 7.05 Å². The Kier molecular flexibility index (Phi) is 15.3. The lowest BCUT2D eigenvalue weighted by molar-refractivity contribution is -0.914. The average molecular weight is 799 g/mol. The molecule has 0 bridgehead atoms. The number of unbranched alkanes of at least 4 members (excludes halogenated alkanes) is 4. The predicted octanol–water partition coefficient (Wildman–Crippen LogP) is 6.09. The number of pyridine rings is 1. The molecule has 1 amide bonds. The summed E-state index contributed by atoms with van der Waals surface area (Å²) in [5.41, 5.74) is 0.478. The number of amides is 1. The minimum Gasteiger partial charge on any atom is -1.00 e. The van der Waals surface area contributed by atoms with Crippen LogP contribution in [0.4, 0.5) is 14.5 Å². The van der Waals surface area contributed by atoms with Crippen molar-refractivity contribution in [1.29, 1.82) is 0 Å². The van der Waals surface area contributed by atoms with E-state index in [9.17, 15) is 18.4 Å². The number of halogens is 3. The van der Waals surface area contributed by atoms with Gasteiger partial charge in [-0.1, -0.05) is 12.8 Å². The predicted molar refractivity (Wildman–Crippen MR) is 203 cm³/mol. The quantitative estimate of drug-likeness (QED) is 0.0958. The van der Waals surface area contributed by atoms with E-state index in [1.165, 1.54) is 73.7 Å². The molecule has 1 aliphatic rings. The summed E-state index contributed by atoms with van der Waals surface area (Å²) >= 11 is 0. The van der Waals surface area contributed by atoms with Crippen molar-refractivity contribution >= 4 is 22.5 Å². The highest BCUT2D eigenvalue weighted by molar-refractivity contribution is 6.08. The first kappa shape index (κ1) is 41.8. The summed E-state index contributed by atoms with van der Waals surface area (Å²) in [4.78, 5) is 29.6. The lowest BCUT2D eigenvalue weighted by Gasteiger charge is -2.37. The number of likely N-dealkylation sites (tertiary alicyclic amines) is 1. The van der Waals surface area contributed by atoms with Gasteiger partial charge >= 0.3 is 0 Å². The van der Waals surface area contributed by atoms with Gasteiger partial charge in [0.15, 0.2) is 0 Å². The van der Waals surface area contributed by atoms with E-state index >= 15 is 0 Å². The van der Waals surface area contributed by atoms with Crippen molar-refractivity contribution < 1.29 is 49.3 Å². The van der Waals surface area contributed by atoms with E-state index < -0.39 is 29.0 Å². The Bertz CT molecular complexity index is 1850. The van der Waals surface area contributed by atoms with Gasteiger partial charge in [-0.25, -0.2) is 8.78 Å². The highest BCUT2D eigenvalue weighted by Gasteiger charge is 2.27. The van der Waals surface area contributed by atoms with Crippen LogP contribution >= 0.6 is 0 Å². The van der Waals surface area contributed by atoms with Gasteiger partial charge in [0.2, 0.25) is 5.43 Å². The summed E-state index contributed by atoms with van der Waals surface area (Å²) in [5, 5.41) is 0.289. The van der Waals surface area contributed by atoms with Crippen LogP contribution in [-0.2, 0) is 0 Å². The number of nitrogens with zero attached hydrogens (tertiary/aromatic N) is 3. The summed E-state index contributed by atoms with van der Waals surface area (Å²) < 4.78 is 49.5. The fraction of sp³-hybridized carbons (Fsp3) is 0.476. The number of anilines is 1. The van der Waals surface area contributed by atoms with Crippen LogP contribution in [0.3, 0.4) is 0 Å². The second kappa shape index (κ2) is 19.4. The Morgan fingerprint density at radius 2 is 1.43 bits per heavy atom. The molecule has 1 fully saturated rings. The standard InChI is InChI=1S/C42H54F2N3O5.BrH/c1-6-50-36-25-33(26-37(27-36)51-7-2)45-29-39(42(49)46(30(3)4)34-23-31(43)22-32(44)24-34)41(48)38-17-16-35(28-40(38)45)52-21-15-10-8-9-12-18-47(5)19-13-11-14-20-47;/h16-17,22-30H,6-15,18-21H2,1-5H3;1H/q+1;/p-1. The highest BCUT2D eigenvalue weighted by Crippen LogP contribution is 2.30. The maximum Gasteiger partial charge on any atom is 0.264 e. The van der Waals surface area contributed by atoms with Crippen LogP contribution in [0.5, 0.6) is 17.2 Å². The maximum absolute atomic E-state index is 14.3. The first-order valence-electron chi connectivity index (χ1n) is 18.9. The molecule has 3 aromatic carbocycles. The molecular formula is C42H54BrF2N3O5. The Labute approximate surface area is 323 Å². The number of fused-ring (bicyclic) bond motifs is 1. The third kappa shape index (κ3) is 10.8. The van der Waals surface area contributed by atoms with Crippen molar-refractivity contribution in [3.8, 4) is 22.9 Å². The van der Waals surface area contributed by atoms with Gasteiger partial charge in [-0.3, -0.25) is 9.59 Å². The average Bonchev–Trinajstić information content (AvgIpc) is 3.09. The van der Waals surface area contributed by atoms with Crippen LogP contribution < -0.4 is 41.5 Å². The molecule has 0 radical (unpaired) electrons. The molecule has 0 N–H and O–H groups in total. The number of quaternary nitrogens is 1. The van der Waals surface area contributed by atoms with E-state index in [-0.39, 0.29) is 33.6 Å². The van der Waals surface area contributed by atoms with Crippen LogP contribution in [0.1, 0.15) is 89.4 Å². The second-order valence-corrected chi connectivity index (χ2v) is 14.3. The molecule has 11 heteroatoms. The highest BCUT2D eigenvalue weighted by atomic mass is 79.9. The minimum absolute atomic E-state index is 0. The monoisotopic (exact) mass is 797 g/mol. The fourth-order valence-corrected chi connectivity index (χ4v) is 7.23. The largest absolute Gasteiger partial charge is 1.00 e. The normalized spacial score (nSPS) is 13.8. The number of ether oxygens (including phenoxy) is 3. The molecule has 2 heterocycles. The van der Waals surface area contributed by atoms with Crippen LogP contribution in [0.2, 0.25) is 0 Å². The third-order valence-electron chi connectivity index (χ3n) is 9.84. The van der Waals surface area contributed by atoms with Crippen molar-refractivity contribution in [3.05, 3.63) is 88.2 Å². The zero-order valence-electron chi connectivity index (χ0n) is 31.8. The van der Waals surface area contributed by atoms with Crippen LogP contribution in [0, 0.1) is 11.6 Å². The van der Waals surface area contributed by atoms with Crippen LogP contribution in [-0.4, -0.2) is 67.5 Å². The number of piperidine rings is 1. The molecule has 53 heavy (non-hydrogen) atoms. The SMILES string of the molecule is CCOc1cc(OCC)cc(-n2cc(C(=O)N(c3cc(F)cc(F)c3)C(C)C)c(=O)c3ccc(OCCCCCCC[N+]4(C)CCCCC4)cc32)c1.[Br-]. The molecular weight excluding hydrogens is 744 g/mol. The molecule has 0 saturated carbocycles. The van der Waals surface area contributed by atoms with Gasteiger partial charge in [0.25, 0.3) is 5.91 Å². The molecule has 0 spiro atoms. The first-order valence-corrected chi connectivity index (χ1v) is 18.9. The number of carbonyl (C=O) groups is 1. The molecule has 0 unspecified atom stereocenters. The summed E-state index contributed by atoms with van der Waals surface area (Å²) in [6.45, 7) is 12.5. The van der Waals surface area contributed by atoms with Gasteiger partial charge in [-0.15, -0.1) is 0 Å². The Morgan fingerprint density at radius 3 is 2.06 bits per heavy atom. The lowest BCUT2D eigenvalue weighted by Crippen LogP contribution is -3.00. The molecule has 288 valence electrons. The Balaban J connectivity index is 0.00000627. The smallest absolute Gasteiger partial charge is 0.264 e. The zero-order chi connectivity index (χ0) is 37.3. The zero-order valence-corrected chi connectivity index (χ0v) is 33.4. The maximum atomic E-state index is 14.3. The summed E-state index contributed by atoms with van der Waals surface area (Å²) in [6.07, 6.45) is 11.2. The molecule has 0 aliphatic carbocycles. The summed E-state index contributed by atoms with van der Waals surface area (Å²) in [7, 11) is 2.40. The van der Waals surface area contributed by atoms with Crippen molar-refractivity contribution in [2.75, 3.05) is 51.4 Å². The van der Waals surface area contributed by atoms with E-state index in [0.29, 0.717) is 48.3 Å². The van der Waals surface area contributed by atoms with Crippen LogP contribution in [0.15, 0.2) is 65.6 Å². The third-order valence-corrected chi connectivity index (χ3v) is 9.84. The number of carbonyl (C=O) groups excluding carboxylic acids is 1. The van der Waals surface area contributed by atoms with Gasteiger partial charge in [0.05, 0.1) is 63.4 Å². The van der Waals surface area contributed by atoms with Gasteiger partial charge in [0, 0.05) is 48.0 Å². The molecule has 5 rings (SSSR count). The Hall–Kier alpha value is -3.96. The van der Waals surface area contributed by atoms with Crippen molar-refractivity contribution in [2.24, 2.45) is 0 Å². The van der Waals surface area contributed by atoms with E-state index in [4.69, 9.17) is 14.2 Å². The van der Waals surface area contributed by atoms with Gasteiger partial charge < -0.3 is 45.1 Å². The van der Waals surface area contributed by atoms with E-state index in [1.54, 1.807) is 36.6 Å². The molecule has 8 nitrogen and oxygen atoms in total. The number of aromatic nitrogens is 1. The van der Waals surface area contributed by atoms with Crippen molar-refractivity contribution in [1.82, 2.24) is 4.57 Å². The fourth-order valence-electron chi connectivity index (χ4n) is 7.23. The number of hydrogen-bond donors (Lipinski definition) is 0. The molecule has 4 aromatic rings. The van der Waals surface area contributed by atoms with Crippen LogP contribution in [0.25, 0.3) is 16.6 Å². The minimum atomic E-state index is -0.823. The number of benzene rings is 3. The summed E-state index contributed by atoms with van der Waals surface area (Å²) in [5.74, 6) is -0.609.